The Balaban J connectivity index is 1.79. The van der Waals surface area contributed by atoms with Gasteiger partial charge in [-0.1, -0.05) is 0 Å². The van der Waals surface area contributed by atoms with E-state index in [4.69, 9.17) is 9.68 Å². The summed E-state index contributed by atoms with van der Waals surface area (Å²) in [6.45, 7) is 0. The Morgan fingerprint density at radius 3 is 2.80 bits per heavy atom. The summed E-state index contributed by atoms with van der Waals surface area (Å²) in [5.41, 5.74) is 1.27. The fraction of sp³-hybridized carbons (Fsp3) is 0. The molecule has 0 aliphatic carbocycles. The predicted octanol–water partition coefficient (Wildman–Crippen LogP) is 2.55. The molecule has 0 saturated carbocycles. The standard InChI is InChI=1S/C13H7N5OS/c14-6-9-3-4-11(16-7-9)20-13-18-17-12(19-13)10-2-1-5-15-8-10/h1-5,7-8H. The van der Waals surface area contributed by atoms with E-state index in [1.165, 1.54) is 18.0 Å². The molecular weight excluding hydrogens is 274 g/mol. The van der Waals surface area contributed by atoms with Crippen LogP contribution in [0.25, 0.3) is 11.5 Å². The first kappa shape index (κ1) is 12.3. The predicted molar refractivity (Wildman–Crippen MR) is 70.6 cm³/mol. The molecule has 3 heterocycles. The quantitative estimate of drug-likeness (QED) is 0.728. The number of nitriles is 1. The van der Waals surface area contributed by atoms with Crippen LogP contribution in [0.3, 0.4) is 0 Å². The minimum absolute atomic E-state index is 0.390. The molecule has 96 valence electrons. The van der Waals surface area contributed by atoms with Gasteiger partial charge in [0.2, 0.25) is 5.89 Å². The summed E-state index contributed by atoms with van der Waals surface area (Å²) < 4.78 is 5.53. The molecule has 0 N–H and O–H groups in total. The van der Waals surface area contributed by atoms with Crippen molar-refractivity contribution in [3.05, 3.63) is 48.4 Å². The summed E-state index contributed by atoms with van der Waals surface area (Å²) in [5.74, 6) is 0.411. The Morgan fingerprint density at radius 1 is 1.15 bits per heavy atom. The second-order valence-electron chi connectivity index (χ2n) is 3.71. The lowest BCUT2D eigenvalue weighted by Crippen LogP contribution is -1.81. The highest BCUT2D eigenvalue weighted by atomic mass is 32.2. The molecule has 0 aromatic carbocycles. The van der Waals surface area contributed by atoms with Crippen LogP contribution in [-0.2, 0) is 0 Å². The maximum absolute atomic E-state index is 8.70. The second-order valence-corrected chi connectivity index (χ2v) is 4.69. The van der Waals surface area contributed by atoms with Crippen molar-refractivity contribution >= 4 is 11.8 Å². The van der Waals surface area contributed by atoms with Gasteiger partial charge in [0.25, 0.3) is 5.22 Å². The normalized spacial score (nSPS) is 10.2. The summed E-state index contributed by atoms with van der Waals surface area (Å²) >= 11 is 1.24. The molecule has 3 aromatic rings. The van der Waals surface area contributed by atoms with E-state index in [9.17, 15) is 0 Å². The minimum atomic E-state index is 0.390. The monoisotopic (exact) mass is 281 g/mol. The molecule has 3 aromatic heterocycles. The molecular formula is C13H7N5OS. The molecule has 0 atom stereocenters. The number of pyridine rings is 2. The van der Waals surface area contributed by atoms with Crippen LogP contribution in [0.5, 0.6) is 0 Å². The Labute approximate surface area is 118 Å². The molecule has 0 aliphatic rings. The second kappa shape index (κ2) is 5.50. The van der Waals surface area contributed by atoms with E-state index in [0.717, 1.165) is 5.56 Å². The maximum Gasteiger partial charge on any atom is 0.283 e. The van der Waals surface area contributed by atoms with Crippen molar-refractivity contribution in [3.8, 4) is 17.5 Å². The molecule has 0 fully saturated rings. The maximum atomic E-state index is 8.70. The van der Waals surface area contributed by atoms with Gasteiger partial charge in [0.05, 0.1) is 11.1 Å². The van der Waals surface area contributed by atoms with Gasteiger partial charge in [-0.15, -0.1) is 10.2 Å². The van der Waals surface area contributed by atoms with Crippen LogP contribution in [0.1, 0.15) is 5.56 Å². The van der Waals surface area contributed by atoms with Crippen molar-refractivity contribution in [2.45, 2.75) is 10.2 Å². The van der Waals surface area contributed by atoms with Crippen LogP contribution < -0.4 is 0 Å². The van der Waals surface area contributed by atoms with Crippen molar-refractivity contribution in [2.24, 2.45) is 0 Å². The number of rotatable bonds is 3. The molecule has 0 bridgehead atoms. The molecule has 0 spiro atoms. The van der Waals surface area contributed by atoms with Crippen LogP contribution >= 0.6 is 11.8 Å². The van der Waals surface area contributed by atoms with Gasteiger partial charge in [-0.25, -0.2) is 4.98 Å². The Morgan fingerprint density at radius 2 is 2.10 bits per heavy atom. The van der Waals surface area contributed by atoms with Crippen molar-refractivity contribution in [3.63, 3.8) is 0 Å². The Kier molecular flexibility index (Phi) is 3.39. The minimum Gasteiger partial charge on any atom is -0.411 e. The van der Waals surface area contributed by atoms with Gasteiger partial charge in [0, 0.05) is 18.6 Å². The summed E-state index contributed by atoms with van der Waals surface area (Å²) in [6.07, 6.45) is 4.83. The van der Waals surface area contributed by atoms with E-state index >= 15 is 0 Å². The van der Waals surface area contributed by atoms with Gasteiger partial charge in [0.15, 0.2) is 0 Å². The molecule has 6 nitrogen and oxygen atoms in total. The van der Waals surface area contributed by atoms with Crippen LogP contribution in [0.2, 0.25) is 0 Å². The van der Waals surface area contributed by atoms with Gasteiger partial charge in [0.1, 0.15) is 11.1 Å². The summed E-state index contributed by atoms with van der Waals surface area (Å²) in [5, 5.41) is 17.7. The lowest BCUT2D eigenvalue weighted by Gasteiger charge is -1.95. The average molecular weight is 281 g/mol. The first-order valence-electron chi connectivity index (χ1n) is 5.63. The van der Waals surface area contributed by atoms with Crippen molar-refractivity contribution in [1.82, 2.24) is 20.2 Å². The number of nitrogens with zero attached hydrogens (tertiary/aromatic N) is 5. The molecule has 3 rings (SSSR count). The Hall–Kier alpha value is -2.72. The number of hydrogen-bond acceptors (Lipinski definition) is 7. The molecule has 7 heteroatoms. The zero-order valence-electron chi connectivity index (χ0n) is 10.1. The van der Waals surface area contributed by atoms with E-state index in [1.54, 1.807) is 30.6 Å². The topological polar surface area (TPSA) is 88.5 Å². The highest BCUT2D eigenvalue weighted by molar-refractivity contribution is 7.99. The molecule has 0 radical (unpaired) electrons. The van der Waals surface area contributed by atoms with E-state index in [1.807, 2.05) is 12.1 Å². The van der Waals surface area contributed by atoms with Crippen molar-refractivity contribution in [2.75, 3.05) is 0 Å². The third kappa shape index (κ3) is 2.65. The fourth-order valence-electron chi connectivity index (χ4n) is 1.45. The number of hydrogen-bond donors (Lipinski definition) is 0. The van der Waals surface area contributed by atoms with Gasteiger partial charge >= 0.3 is 0 Å². The summed E-state index contributed by atoms with van der Waals surface area (Å²) in [6, 6.07) is 9.08. The SMILES string of the molecule is N#Cc1ccc(Sc2nnc(-c3cccnc3)o2)nc1. The molecule has 0 unspecified atom stereocenters. The van der Waals surface area contributed by atoms with Crippen LogP contribution in [-0.4, -0.2) is 20.2 Å². The third-order valence-electron chi connectivity index (χ3n) is 2.37. The van der Waals surface area contributed by atoms with Crippen molar-refractivity contribution in [1.29, 1.82) is 5.26 Å². The van der Waals surface area contributed by atoms with E-state index in [2.05, 4.69) is 20.2 Å². The Bertz CT molecular complexity index is 748. The highest BCUT2D eigenvalue weighted by Crippen LogP contribution is 2.27. The largest absolute Gasteiger partial charge is 0.411 e. The van der Waals surface area contributed by atoms with E-state index in [0.29, 0.717) is 21.7 Å². The zero-order chi connectivity index (χ0) is 13.8. The fourth-order valence-corrected chi connectivity index (χ4v) is 2.08. The molecule has 20 heavy (non-hydrogen) atoms. The first-order valence-corrected chi connectivity index (χ1v) is 6.45. The number of aromatic nitrogens is 4. The lowest BCUT2D eigenvalue weighted by molar-refractivity contribution is 0.465. The van der Waals surface area contributed by atoms with Crippen molar-refractivity contribution < 1.29 is 4.42 Å². The van der Waals surface area contributed by atoms with Gasteiger partial charge in [-0.3, -0.25) is 4.98 Å². The lowest BCUT2D eigenvalue weighted by atomic mass is 10.3. The summed E-state index contributed by atoms with van der Waals surface area (Å²) in [7, 11) is 0. The third-order valence-corrected chi connectivity index (χ3v) is 3.16. The first-order chi connectivity index (χ1) is 9.85. The smallest absolute Gasteiger partial charge is 0.283 e. The zero-order valence-corrected chi connectivity index (χ0v) is 10.9. The van der Waals surface area contributed by atoms with E-state index < -0.39 is 0 Å². The molecule has 0 saturated heterocycles. The van der Waals surface area contributed by atoms with Gasteiger partial charge < -0.3 is 4.42 Å². The van der Waals surface area contributed by atoms with Crippen LogP contribution in [0, 0.1) is 11.3 Å². The molecule has 0 amide bonds. The average Bonchev–Trinajstić information content (AvgIpc) is 2.97. The highest BCUT2D eigenvalue weighted by Gasteiger charge is 2.10. The molecule has 0 aliphatic heterocycles. The summed E-state index contributed by atoms with van der Waals surface area (Å²) in [4.78, 5) is 8.12. The van der Waals surface area contributed by atoms with E-state index in [-0.39, 0.29) is 0 Å². The van der Waals surface area contributed by atoms with Crippen LogP contribution in [0.15, 0.2) is 57.5 Å². The van der Waals surface area contributed by atoms with Crippen LogP contribution in [0.4, 0.5) is 0 Å². The van der Waals surface area contributed by atoms with Gasteiger partial charge in [-0.2, -0.15) is 5.26 Å². The van der Waals surface area contributed by atoms with Gasteiger partial charge in [-0.05, 0) is 36.0 Å².